The van der Waals surface area contributed by atoms with Gasteiger partial charge in [0.25, 0.3) is 5.69 Å². The molecule has 1 amide bonds. The third kappa shape index (κ3) is 2.26. The Labute approximate surface area is 98.0 Å². The number of non-ortho nitro benzene ring substituents is 1. The number of nitro benzene ring substituents is 1. The molecule has 0 unspecified atom stereocenters. The molecule has 0 atom stereocenters. The summed E-state index contributed by atoms with van der Waals surface area (Å²) < 4.78 is 0. The molecule has 3 N–H and O–H groups in total. The predicted molar refractivity (Wildman–Crippen MR) is 62.5 cm³/mol. The fourth-order valence-corrected chi connectivity index (χ4v) is 1.74. The van der Waals surface area contributed by atoms with Crippen LogP contribution in [-0.2, 0) is 4.79 Å². The first-order valence-corrected chi connectivity index (χ1v) is 5.36. The number of benzene rings is 1. The Morgan fingerprint density at radius 1 is 1.47 bits per heavy atom. The van der Waals surface area contributed by atoms with Gasteiger partial charge in [-0.3, -0.25) is 14.9 Å². The van der Waals surface area contributed by atoms with Crippen LogP contribution in [0.2, 0.25) is 0 Å². The Morgan fingerprint density at radius 3 is 2.71 bits per heavy atom. The minimum atomic E-state index is -0.801. The van der Waals surface area contributed by atoms with E-state index < -0.39 is 10.5 Å². The number of carbonyl (C=O) groups is 1. The number of hydrogen-bond acceptors (Lipinski definition) is 4. The Hall–Kier alpha value is -1.95. The van der Waals surface area contributed by atoms with E-state index >= 15 is 0 Å². The minimum Gasteiger partial charge on any atom is -0.324 e. The summed E-state index contributed by atoms with van der Waals surface area (Å²) in [6, 6.07) is 5.82. The first-order chi connectivity index (χ1) is 8.01. The second kappa shape index (κ2) is 4.14. The highest BCUT2D eigenvalue weighted by molar-refractivity contribution is 5.98. The number of nitrogens with zero attached hydrogens (tertiary/aromatic N) is 1. The summed E-state index contributed by atoms with van der Waals surface area (Å²) in [4.78, 5) is 21.9. The minimum absolute atomic E-state index is 0.0533. The van der Waals surface area contributed by atoms with E-state index in [1.807, 2.05) is 0 Å². The first kappa shape index (κ1) is 11.5. The second-order valence-electron chi connectivity index (χ2n) is 4.27. The van der Waals surface area contributed by atoms with Gasteiger partial charge in [0.1, 0.15) is 0 Å². The molecule has 0 radical (unpaired) electrons. The van der Waals surface area contributed by atoms with Gasteiger partial charge in [-0.15, -0.1) is 0 Å². The summed E-state index contributed by atoms with van der Waals surface area (Å²) >= 11 is 0. The monoisotopic (exact) mass is 235 g/mol. The van der Waals surface area contributed by atoms with Crippen LogP contribution < -0.4 is 11.1 Å². The number of hydrogen-bond donors (Lipinski definition) is 2. The Bertz CT molecular complexity index is 469. The quantitative estimate of drug-likeness (QED) is 0.611. The van der Waals surface area contributed by atoms with Crippen LogP contribution >= 0.6 is 0 Å². The van der Waals surface area contributed by atoms with E-state index in [9.17, 15) is 14.9 Å². The molecule has 17 heavy (non-hydrogen) atoms. The second-order valence-corrected chi connectivity index (χ2v) is 4.27. The average Bonchev–Trinajstić information content (AvgIpc) is 2.26. The standard InChI is InChI=1S/C11H13N3O3/c12-11(5-2-6-11)10(15)13-8-3-1-4-9(7-8)14(16)17/h1,3-4,7H,2,5-6,12H2,(H,13,15). The summed E-state index contributed by atoms with van der Waals surface area (Å²) in [5.41, 5.74) is 5.40. The molecule has 1 aliphatic carbocycles. The number of amides is 1. The first-order valence-electron chi connectivity index (χ1n) is 5.36. The lowest BCUT2D eigenvalue weighted by Crippen LogP contribution is -2.56. The van der Waals surface area contributed by atoms with Crippen LogP contribution in [0.3, 0.4) is 0 Å². The van der Waals surface area contributed by atoms with Gasteiger partial charge in [0, 0.05) is 17.8 Å². The van der Waals surface area contributed by atoms with Gasteiger partial charge >= 0.3 is 0 Å². The molecule has 90 valence electrons. The van der Waals surface area contributed by atoms with Gasteiger partial charge in [-0.05, 0) is 25.3 Å². The largest absolute Gasteiger partial charge is 0.324 e. The molecule has 1 saturated carbocycles. The predicted octanol–water partition coefficient (Wildman–Crippen LogP) is 1.41. The number of anilines is 1. The third-order valence-corrected chi connectivity index (χ3v) is 3.01. The van der Waals surface area contributed by atoms with Crippen molar-refractivity contribution in [2.75, 3.05) is 5.32 Å². The van der Waals surface area contributed by atoms with Crippen LogP contribution in [-0.4, -0.2) is 16.4 Å². The molecule has 0 spiro atoms. The molecule has 1 fully saturated rings. The van der Waals surface area contributed by atoms with Crippen LogP contribution in [0, 0.1) is 10.1 Å². The zero-order chi connectivity index (χ0) is 12.5. The van der Waals surface area contributed by atoms with E-state index in [2.05, 4.69) is 5.32 Å². The van der Waals surface area contributed by atoms with Crippen LogP contribution in [0.5, 0.6) is 0 Å². The van der Waals surface area contributed by atoms with E-state index in [0.717, 1.165) is 6.42 Å². The average molecular weight is 235 g/mol. The summed E-state index contributed by atoms with van der Waals surface area (Å²) in [5.74, 6) is -0.274. The molecule has 0 heterocycles. The van der Waals surface area contributed by atoms with Crippen LogP contribution in [0.4, 0.5) is 11.4 Å². The third-order valence-electron chi connectivity index (χ3n) is 3.01. The number of nitrogens with two attached hydrogens (primary N) is 1. The summed E-state index contributed by atoms with van der Waals surface area (Å²) in [6.45, 7) is 0. The summed E-state index contributed by atoms with van der Waals surface area (Å²) in [6.07, 6.45) is 2.26. The SMILES string of the molecule is NC1(C(=O)Nc2cccc([N+](=O)[O-])c2)CCC1. The molecule has 0 bridgehead atoms. The van der Waals surface area contributed by atoms with E-state index in [-0.39, 0.29) is 11.6 Å². The molecular formula is C11H13N3O3. The van der Waals surface area contributed by atoms with Crippen molar-refractivity contribution in [2.24, 2.45) is 5.73 Å². The fourth-order valence-electron chi connectivity index (χ4n) is 1.74. The maximum atomic E-state index is 11.8. The summed E-state index contributed by atoms with van der Waals surface area (Å²) in [5, 5.41) is 13.2. The van der Waals surface area contributed by atoms with Crippen LogP contribution in [0.25, 0.3) is 0 Å². The molecule has 0 aromatic heterocycles. The van der Waals surface area contributed by atoms with Crippen molar-refractivity contribution < 1.29 is 9.72 Å². The zero-order valence-corrected chi connectivity index (χ0v) is 9.18. The zero-order valence-electron chi connectivity index (χ0n) is 9.18. The van der Waals surface area contributed by atoms with Crippen molar-refractivity contribution >= 4 is 17.3 Å². The Morgan fingerprint density at radius 2 is 2.18 bits per heavy atom. The molecule has 0 saturated heterocycles. The Balaban J connectivity index is 2.10. The smallest absolute Gasteiger partial charge is 0.271 e. The van der Waals surface area contributed by atoms with Gasteiger partial charge in [-0.2, -0.15) is 0 Å². The van der Waals surface area contributed by atoms with E-state index in [0.29, 0.717) is 18.5 Å². The molecule has 0 aliphatic heterocycles. The fraction of sp³-hybridized carbons (Fsp3) is 0.364. The number of nitrogens with one attached hydrogen (secondary N) is 1. The van der Waals surface area contributed by atoms with Gasteiger partial charge < -0.3 is 11.1 Å². The Kier molecular flexibility index (Phi) is 2.81. The van der Waals surface area contributed by atoms with Gasteiger partial charge in [0.15, 0.2) is 0 Å². The highest BCUT2D eigenvalue weighted by Crippen LogP contribution is 2.30. The van der Waals surface area contributed by atoms with Crippen molar-refractivity contribution in [3.05, 3.63) is 34.4 Å². The van der Waals surface area contributed by atoms with E-state index in [4.69, 9.17) is 5.73 Å². The molecule has 6 heteroatoms. The number of carbonyl (C=O) groups excluding carboxylic acids is 1. The normalized spacial score (nSPS) is 17.0. The van der Waals surface area contributed by atoms with Gasteiger partial charge in [-0.1, -0.05) is 6.07 Å². The van der Waals surface area contributed by atoms with Gasteiger partial charge in [0.2, 0.25) is 5.91 Å². The van der Waals surface area contributed by atoms with E-state index in [1.54, 1.807) is 6.07 Å². The van der Waals surface area contributed by atoms with Gasteiger partial charge in [0.05, 0.1) is 10.5 Å². The topological polar surface area (TPSA) is 98.3 Å². The lowest BCUT2D eigenvalue weighted by Gasteiger charge is -2.36. The van der Waals surface area contributed by atoms with Crippen molar-refractivity contribution in [1.82, 2.24) is 0 Å². The molecular weight excluding hydrogens is 222 g/mol. The van der Waals surface area contributed by atoms with Crippen molar-refractivity contribution in [3.8, 4) is 0 Å². The maximum absolute atomic E-state index is 11.8. The van der Waals surface area contributed by atoms with E-state index in [1.165, 1.54) is 18.2 Å². The van der Waals surface area contributed by atoms with Crippen molar-refractivity contribution in [2.45, 2.75) is 24.8 Å². The molecule has 1 aromatic carbocycles. The lowest BCUT2D eigenvalue weighted by molar-refractivity contribution is -0.384. The van der Waals surface area contributed by atoms with Crippen molar-refractivity contribution in [3.63, 3.8) is 0 Å². The molecule has 6 nitrogen and oxygen atoms in total. The highest BCUT2D eigenvalue weighted by atomic mass is 16.6. The lowest BCUT2D eigenvalue weighted by atomic mass is 9.77. The molecule has 2 rings (SSSR count). The van der Waals surface area contributed by atoms with Crippen molar-refractivity contribution in [1.29, 1.82) is 0 Å². The van der Waals surface area contributed by atoms with Crippen LogP contribution in [0.1, 0.15) is 19.3 Å². The van der Waals surface area contributed by atoms with Gasteiger partial charge in [-0.25, -0.2) is 0 Å². The summed E-state index contributed by atoms with van der Waals surface area (Å²) in [7, 11) is 0. The van der Waals surface area contributed by atoms with Crippen LogP contribution in [0.15, 0.2) is 24.3 Å². The highest BCUT2D eigenvalue weighted by Gasteiger charge is 2.40. The number of rotatable bonds is 3. The number of nitro groups is 1. The maximum Gasteiger partial charge on any atom is 0.271 e. The molecule has 1 aliphatic rings. The molecule has 1 aromatic rings.